The van der Waals surface area contributed by atoms with Crippen LogP contribution in [-0.2, 0) is 4.74 Å². The minimum absolute atomic E-state index is 0.176. The number of hydrogen-bond acceptors (Lipinski definition) is 3. The zero-order valence-corrected chi connectivity index (χ0v) is 13.9. The average Bonchev–Trinajstić information content (AvgIpc) is 2.94. The van der Waals surface area contributed by atoms with Crippen molar-refractivity contribution in [1.29, 1.82) is 0 Å². The number of aryl methyl sites for hydroxylation is 1. The second-order valence-electron chi connectivity index (χ2n) is 5.62. The van der Waals surface area contributed by atoms with Crippen molar-refractivity contribution < 1.29 is 14.3 Å². The molecule has 1 saturated heterocycles. The minimum Gasteiger partial charge on any atom is -0.442 e. The minimum atomic E-state index is -0.438. The van der Waals surface area contributed by atoms with E-state index in [-0.39, 0.29) is 12.5 Å². The van der Waals surface area contributed by atoms with Crippen LogP contribution >= 0.6 is 11.6 Å². The van der Waals surface area contributed by atoms with E-state index in [0.717, 1.165) is 5.56 Å². The molecule has 1 aliphatic heterocycles. The van der Waals surface area contributed by atoms with E-state index >= 15 is 0 Å². The number of halogens is 1. The lowest BCUT2D eigenvalue weighted by molar-refractivity contribution is 0.0915. The van der Waals surface area contributed by atoms with E-state index < -0.39 is 12.2 Å². The van der Waals surface area contributed by atoms with Crippen LogP contribution < -0.4 is 10.2 Å². The van der Waals surface area contributed by atoms with E-state index in [9.17, 15) is 9.59 Å². The molecule has 3 rings (SSSR count). The average molecular weight is 345 g/mol. The van der Waals surface area contributed by atoms with Gasteiger partial charge in [0.15, 0.2) is 0 Å². The van der Waals surface area contributed by atoms with Gasteiger partial charge in [0.1, 0.15) is 6.10 Å². The van der Waals surface area contributed by atoms with E-state index in [1.165, 1.54) is 4.90 Å². The zero-order chi connectivity index (χ0) is 17.1. The van der Waals surface area contributed by atoms with Crippen LogP contribution in [-0.4, -0.2) is 31.2 Å². The SMILES string of the molecule is Cc1ccccc1C(=O)NC[C@H]1CN(c2cccc(Cl)c2)C(=O)O1. The van der Waals surface area contributed by atoms with Crippen LogP contribution in [0.4, 0.5) is 10.5 Å². The maximum Gasteiger partial charge on any atom is 0.414 e. The fourth-order valence-corrected chi connectivity index (χ4v) is 2.80. The summed E-state index contributed by atoms with van der Waals surface area (Å²) in [5.41, 5.74) is 2.20. The number of rotatable bonds is 4. The Balaban J connectivity index is 1.61. The van der Waals surface area contributed by atoms with Crippen LogP contribution in [0.3, 0.4) is 0 Å². The summed E-state index contributed by atoms with van der Waals surface area (Å²) < 4.78 is 5.31. The first kappa shape index (κ1) is 16.3. The second-order valence-corrected chi connectivity index (χ2v) is 6.06. The lowest BCUT2D eigenvalue weighted by Gasteiger charge is -2.13. The second kappa shape index (κ2) is 6.93. The van der Waals surface area contributed by atoms with E-state index in [4.69, 9.17) is 16.3 Å². The molecule has 2 aromatic rings. The first-order valence-corrected chi connectivity index (χ1v) is 8.00. The molecule has 1 N–H and O–H groups in total. The standard InChI is InChI=1S/C18H17ClN2O3/c1-12-5-2-3-8-16(12)17(22)20-10-15-11-21(18(23)24-15)14-7-4-6-13(19)9-14/h2-9,15H,10-11H2,1H3,(H,20,22)/t15-/m0/s1. The number of anilines is 1. The molecule has 1 aliphatic rings. The summed E-state index contributed by atoms with van der Waals surface area (Å²) >= 11 is 5.96. The number of nitrogens with one attached hydrogen (secondary N) is 1. The van der Waals surface area contributed by atoms with Gasteiger partial charge in [0.25, 0.3) is 5.91 Å². The molecule has 124 valence electrons. The molecule has 1 fully saturated rings. The number of ether oxygens (including phenoxy) is 1. The highest BCUT2D eigenvalue weighted by molar-refractivity contribution is 6.30. The predicted molar refractivity (Wildman–Crippen MR) is 92.6 cm³/mol. The number of cyclic esters (lactones) is 1. The summed E-state index contributed by atoms with van der Waals surface area (Å²) in [5, 5.41) is 3.37. The van der Waals surface area contributed by atoms with Gasteiger partial charge in [-0.1, -0.05) is 35.9 Å². The maximum atomic E-state index is 12.2. The van der Waals surface area contributed by atoms with Crippen LogP contribution in [0.1, 0.15) is 15.9 Å². The fourth-order valence-electron chi connectivity index (χ4n) is 2.61. The Morgan fingerprint density at radius 2 is 2.08 bits per heavy atom. The van der Waals surface area contributed by atoms with Gasteiger partial charge in [-0.05, 0) is 36.8 Å². The van der Waals surface area contributed by atoms with Gasteiger partial charge in [0.05, 0.1) is 13.1 Å². The van der Waals surface area contributed by atoms with E-state index in [1.807, 2.05) is 25.1 Å². The van der Waals surface area contributed by atoms with Gasteiger partial charge in [-0.25, -0.2) is 4.79 Å². The van der Waals surface area contributed by atoms with Crippen LogP contribution in [0.2, 0.25) is 5.02 Å². The summed E-state index contributed by atoms with van der Waals surface area (Å²) in [6, 6.07) is 14.4. The number of carbonyl (C=O) groups excluding carboxylic acids is 2. The third-order valence-electron chi connectivity index (χ3n) is 3.87. The zero-order valence-electron chi connectivity index (χ0n) is 13.2. The monoisotopic (exact) mass is 344 g/mol. The lowest BCUT2D eigenvalue weighted by atomic mass is 10.1. The summed E-state index contributed by atoms with van der Waals surface area (Å²) in [6.07, 6.45) is -0.836. The van der Waals surface area contributed by atoms with Gasteiger partial charge >= 0.3 is 6.09 Å². The maximum absolute atomic E-state index is 12.2. The normalized spacial score (nSPS) is 16.8. The van der Waals surface area contributed by atoms with Crippen LogP contribution in [0, 0.1) is 6.92 Å². The predicted octanol–water partition coefficient (Wildman–Crippen LogP) is 3.40. The number of benzene rings is 2. The van der Waals surface area contributed by atoms with Crippen molar-refractivity contribution in [1.82, 2.24) is 5.32 Å². The molecule has 5 nitrogen and oxygen atoms in total. The first-order chi connectivity index (χ1) is 11.5. The van der Waals surface area contributed by atoms with Crippen molar-refractivity contribution in [3.05, 3.63) is 64.7 Å². The van der Waals surface area contributed by atoms with Crippen molar-refractivity contribution in [2.24, 2.45) is 0 Å². The van der Waals surface area contributed by atoms with Gasteiger partial charge in [0.2, 0.25) is 0 Å². The highest BCUT2D eigenvalue weighted by Crippen LogP contribution is 2.24. The molecule has 2 aromatic carbocycles. The van der Waals surface area contributed by atoms with Crippen LogP contribution in [0.15, 0.2) is 48.5 Å². The number of hydrogen-bond donors (Lipinski definition) is 1. The van der Waals surface area contributed by atoms with Crippen molar-refractivity contribution >= 4 is 29.3 Å². The van der Waals surface area contributed by atoms with Crippen LogP contribution in [0.5, 0.6) is 0 Å². The quantitative estimate of drug-likeness (QED) is 0.924. The Bertz CT molecular complexity index is 778. The molecule has 1 atom stereocenters. The highest BCUT2D eigenvalue weighted by atomic mass is 35.5. The molecule has 24 heavy (non-hydrogen) atoms. The van der Waals surface area contributed by atoms with Gasteiger partial charge in [-0.3, -0.25) is 9.69 Å². The Hall–Kier alpha value is -2.53. The highest BCUT2D eigenvalue weighted by Gasteiger charge is 2.32. The molecular formula is C18H17ClN2O3. The summed E-state index contributed by atoms with van der Waals surface area (Å²) in [6.45, 7) is 2.51. The number of carbonyl (C=O) groups is 2. The molecule has 2 amide bonds. The molecule has 0 unspecified atom stereocenters. The molecule has 6 heteroatoms. The first-order valence-electron chi connectivity index (χ1n) is 7.62. The van der Waals surface area contributed by atoms with Gasteiger partial charge in [-0.15, -0.1) is 0 Å². The molecule has 0 spiro atoms. The smallest absolute Gasteiger partial charge is 0.414 e. The third-order valence-corrected chi connectivity index (χ3v) is 4.11. The number of nitrogens with zero attached hydrogens (tertiary/aromatic N) is 1. The van der Waals surface area contributed by atoms with Crippen molar-refractivity contribution in [2.45, 2.75) is 13.0 Å². The fraction of sp³-hybridized carbons (Fsp3) is 0.222. The molecule has 0 saturated carbocycles. The molecular weight excluding hydrogens is 328 g/mol. The molecule has 0 radical (unpaired) electrons. The third kappa shape index (κ3) is 3.51. The van der Waals surface area contributed by atoms with E-state index in [0.29, 0.717) is 22.8 Å². The summed E-state index contributed by atoms with van der Waals surface area (Å²) in [5.74, 6) is -0.176. The van der Waals surface area contributed by atoms with Gasteiger partial charge < -0.3 is 10.1 Å². The van der Waals surface area contributed by atoms with Crippen molar-refractivity contribution in [2.75, 3.05) is 18.0 Å². The van der Waals surface area contributed by atoms with Crippen LogP contribution in [0.25, 0.3) is 0 Å². The Morgan fingerprint density at radius 3 is 2.83 bits per heavy atom. The van der Waals surface area contributed by atoms with E-state index in [1.54, 1.807) is 30.3 Å². The summed E-state index contributed by atoms with van der Waals surface area (Å²) in [4.78, 5) is 25.7. The van der Waals surface area contributed by atoms with Gasteiger partial charge in [-0.2, -0.15) is 0 Å². The Kier molecular flexibility index (Phi) is 4.71. The van der Waals surface area contributed by atoms with Crippen molar-refractivity contribution in [3.63, 3.8) is 0 Å². The summed E-state index contributed by atoms with van der Waals surface area (Å²) in [7, 11) is 0. The van der Waals surface area contributed by atoms with Crippen molar-refractivity contribution in [3.8, 4) is 0 Å². The Morgan fingerprint density at radius 1 is 1.29 bits per heavy atom. The topological polar surface area (TPSA) is 58.6 Å². The van der Waals surface area contributed by atoms with E-state index in [2.05, 4.69) is 5.32 Å². The molecule has 1 heterocycles. The molecule has 0 aliphatic carbocycles. The molecule has 0 aromatic heterocycles. The largest absolute Gasteiger partial charge is 0.442 e. The molecule has 0 bridgehead atoms. The number of amides is 2. The van der Waals surface area contributed by atoms with Gasteiger partial charge in [0, 0.05) is 16.3 Å². The lowest BCUT2D eigenvalue weighted by Crippen LogP contribution is -2.34. The Labute approximate surface area is 145 Å².